The molecular weight excluding hydrogens is 300 g/mol. The van der Waals surface area contributed by atoms with Crippen molar-refractivity contribution in [2.45, 2.75) is 25.8 Å². The molecule has 3 heterocycles. The van der Waals surface area contributed by atoms with Crippen molar-refractivity contribution >= 4 is 18.1 Å². The number of rotatable bonds is 4. The number of hydrogen-bond acceptors (Lipinski definition) is 4. The summed E-state index contributed by atoms with van der Waals surface area (Å²) >= 11 is 0. The van der Waals surface area contributed by atoms with Crippen molar-refractivity contribution in [2.24, 2.45) is 11.7 Å². The van der Waals surface area contributed by atoms with Crippen molar-refractivity contribution < 1.29 is 0 Å². The van der Waals surface area contributed by atoms with Crippen LogP contribution in [0.5, 0.6) is 0 Å². The quantitative estimate of drug-likeness (QED) is 0.930. The molecule has 1 saturated heterocycles. The molecule has 1 aliphatic heterocycles. The SMILES string of the molecule is Cl.NCCC1CCCN(Cc2cc(=O)n3ccccc3n2)C1. The highest BCUT2D eigenvalue weighted by atomic mass is 35.5. The second-order valence-corrected chi connectivity index (χ2v) is 5.84. The van der Waals surface area contributed by atoms with Crippen molar-refractivity contribution in [1.82, 2.24) is 14.3 Å². The summed E-state index contributed by atoms with van der Waals surface area (Å²) in [5.41, 5.74) is 7.24. The third-order valence-corrected chi connectivity index (χ3v) is 4.19. The summed E-state index contributed by atoms with van der Waals surface area (Å²) < 4.78 is 1.58. The maximum absolute atomic E-state index is 12.1. The summed E-state index contributed by atoms with van der Waals surface area (Å²) in [6, 6.07) is 7.28. The van der Waals surface area contributed by atoms with E-state index >= 15 is 0 Å². The van der Waals surface area contributed by atoms with Gasteiger partial charge in [0.25, 0.3) is 5.56 Å². The van der Waals surface area contributed by atoms with Crippen LogP contribution in [0.25, 0.3) is 5.65 Å². The lowest BCUT2D eigenvalue weighted by Crippen LogP contribution is -2.36. The molecule has 2 aromatic rings. The monoisotopic (exact) mass is 322 g/mol. The molecule has 1 aliphatic rings. The number of nitrogens with two attached hydrogens (primary N) is 1. The summed E-state index contributed by atoms with van der Waals surface area (Å²) in [5, 5.41) is 0. The fraction of sp³-hybridized carbons (Fsp3) is 0.500. The molecule has 0 saturated carbocycles. The number of aromatic nitrogens is 2. The van der Waals surface area contributed by atoms with E-state index in [0.29, 0.717) is 5.92 Å². The first-order valence-corrected chi connectivity index (χ1v) is 7.66. The molecule has 6 heteroatoms. The van der Waals surface area contributed by atoms with E-state index < -0.39 is 0 Å². The van der Waals surface area contributed by atoms with Gasteiger partial charge in [-0.25, -0.2) is 4.98 Å². The Bertz CT molecular complexity index is 670. The van der Waals surface area contributed by atoms with Crippen molar-refractivity contribution in [3.63, 3.8) is 0 Å². The van der Waals surface area contributed by atoms with Crippen LogP contribution in [0.4, 0.5) is 0 Å². The second-order valence-electron chi connectivity index (χ2n) is 5.84. The van der Waals surface area contributed by atoms with Gasteiger partial charge in [-0.2, -0.15) is 0 Å². The second kappa shape index (κ2) is 7.72. The van der Waals surface area contributed by atoms with E-state index in [9.17, 15) is 4.79 Å². The van der Waals surface area contributed by atoms with Gasteiger partial charge < -0.3 is 5.73 Å². The van der Waals surface area contributed by atoms with Crippen LogP contribution >= 0.6 is 12.4 Å². The first kappa shape index (κ1) is 16.9. The maximum atomic E-state index is 12.1. The Morgan fingerprint density at radius 1 is 1.36 bits per heavy atom. The summed E-state index contributed by atoms with van der Waals surface area (Å²) in [6.07, 6.45) is 5.32. The van der Waals surface area contributed by atoms with Gasteiger partial charge in [0.05, 0.1) is 5.69 Å². The molecule has 0 amide bonds. The number of halogens is 1. The van der Waals surface area contributed by atoms with Crippen molar-refractivity contribution in [2.75, 3.05) is 19.6 Å². The van der Waals surface area contributed by atoms with Gasteiger partial charge in [-0.15, -0.1) is 12.4 Å². The number of fused-ring (bicyclic) bond motifs is 1. The molecule has 3 rings (SSSR count). The lowest BCUT2D eigenvalue weighted by Gasteiger charge is -2.32. The molecule has 0 aromatic carbocycles. The van der Waals surface area contributed by atoms with Gasteiger partial charge in [-0.05, 0) is 50.4 Å². The fourth-order valence-corrected chi connectivity index (χ4v) is 3.18. The zero-order valence-electron chi connectivity index (χ0n) is 12.6. The highest BCUT2D eigenvalue weighted by Gasteiger charge is 2.19. The average Bonchev–Trinajstić information content (AvgIpc) is 2.48. The zero-order valence-corrected chi connectivity index (χ0v) is 13.5. The standard InChI is InChI=1S/C16H22N4O.ClH/c17-7-6-13-4-3-8-19(11-13)12-14-10-16(21)20-9-2-1-5-15(20)18-14;/h1-2,5,9-10,13H,3-4,6-8,11-12,17H2;1H. The topological polar surface area (TPSA) is 63.6 Å². The molecule has 0 spiro atoms. The lowest BCUT2D eigenvalue weighted by molar-refractivity contribution is 0.161. The Morgan fingerprint density at radius 2 is 2.23 bits per heavy atom. The van der Waals surface area contributed by atoms with Crippen LogP contribution < -0.4 is 11.3 Å². The highest BCUT2D eigenvalue weighted by molar-refractivity contribution is 5.85. The van der Waals surface area contributed by atoms with E-state index in [1.807, 2.05) is 18.2 Å². The molecule has 5 nitrogen and oxygen atoms in total. The van der Waals surface area contributed by atoms with E-state index in [1.165, 1.54) is 12.8 Å². The molecule has 0 radical (unpaired) electrons. The number of likely N-dealkylation sites (tertiary alicyclic amines) is 1. The van der Waals surface area contributed by atoms with Crippen LogP contribution in [-0.4, -0.2) is 33.9 Å². The Morgan fingerprint density at radius 3 is 3.05 bits per heavy atom. The van der Waals surface area contributed by atoms with Crippen molar-refractivity contribution in [3.05, 3.63) is 46.5 Å². The largest absolute Gasteiger partial charge is 0.330 e. The molecule has 1 atom stereocenters. The van der Waals surface area contributed by atoms with E-state index in [2.05, 4.69) is 9.88 Å². The molecule has 1 unspecified atom stereocenters. The predicted octanol–water partition coefficient (Wildman–Crippen LogP) is 1.68. The van der Waals surface area contributed by atoms with Crippen molar-refractivity contribution in [1.29, 1.82) is 0 Å². The van der Waals surface area contributed by atoms with Crippen LogP contribution in [-0.2, 0) is 6.54 Å². The summed E-state index contributed by atoms with van der Waals surface area (Å²) in [5.74, 6) is 0.685. The molecular formula is C16H23ClN4O. The number of nitrogens with zero attached hydrogens (tertiary/aromatic N) is 3. The number of pyridine rings is 1. The minimum absolute atomic E-state index is 0. The molecule has 2 N–H and O–H groups in total. The lowest BCUT2D eigenvalue weighted by atomic mass is 9.95. The molecule has 22 heavy (non-hydrogen) atoms. The molecule has 120 valence electrons. The summed E-state index contributed by atoms with van der Waals surface area (Å²) in [7, 11) is 0. The third kappa shape index (κ3) is 3.85. The Kier molecular flexibility index (Phi) is 5.94. The van der Waals surface area contributed by atoms with Gasteiger partial charge in [0, 0.05) is 25.4 Å². The smallest absolute Gasteiger partial charge is 0.258 e. The Labute approximate surface area is 136 Å². The minimum Gasteiger partial charge on any atom is -0.330 e. The van der Waals surface area contributed by atoms with Crippen LogP contribution in [0.2, 0.25) is 0 Å². The normalized spacial score (nSPS) is 19.0. The van der Waals surface area contributed by atoms with E-state index in [1.54, 1.807) is 16.7 Å². The first-order valence-electron chi connectivity index (χ1n) is 7.66. The minimum atomic E-state index is -0.00822. The summed E-state index contributed by atoms with van der Waals surface area (Å²) in [6.45, 7) is 3.65. The Hall–Kier alpha value is -1.43. The first-order chi connectivity index (χ1) is 10.3. The number of piperidine rings is 1. The Balaban J connectivity index is 0.00000176. The molecule has 0 aliphatic carbocycles. The van der Waals surface area contributed by atoms with Gasteiger partial charge in [0.1, 0.15) is 5.65 Å². The van der Waals surface area contributed by atoms with E-state index in [0.717, 1.165) is 43.9 Å². The van der Waals surface area contributed by atoms with Gasteiger partial charge in [-0.3, -0.25) is 14.1 Å². The fourth-order valence-electron chi connectivity index (χ4n) is 3.18. The van der Waals surface area contributed by atoms with Crippen LogP contribution in [0.3, 0.4) is 0 Å². The zero-order chi connectivity index (χ0) is 14.7. The molecule has 1 fully saturated rings. The summed E-state index contributed by atoms with van der Waals surface area (Å²) in [4.78, 5) is 19.1. The van der Waals surface area contributed by atoms with Gasteiger partial charge in [-0.1, -0.05) is 6.07 Å². The maximum Gasteiger partial charge on any atom is 0.258 e. The molecule has 2 aromatic heterocycles. The van der Waals surface area contributed by atoms with Crippen molar-refractivity contribution in [3.8, 4) is 0 Å². The average molecular weight is 323 g/mol. The van der Waals surface area contributed by atoms with Crippen LogP contribution in [0.1, 0.15) is 25.0 Å². The van der Waals surface area contributed by atoms with E-state index in [-0.39, 0.29) is 18.0 Å². The number of hydrogen-bond donors (Lipinski definition) is 1. The van der Waals surface area contributed by atoms with Crippen LogP contribution in [0, 0.1) is 5.92 Å². The van der Waals surface area contributed by atoms with Gasteiger partial charge >= 0.3 is 0 Å². The van der Waals surface area contributed by atoms with Crippen LogP contribution in [0.15, 0.2) is 35.3 Å². The van der Waals surface area contributed by atoms with Gasteiger partial charge in [0.15, 0.2) is 0 Å². The molecule has 0 bridgehead atoms. The predicted molar refractivity (Wildman–Crippen MR) is 90.4 cm³/mol. The van der Waals surface area contributed by atoms with Gasteiger partial charge in [0.2, 0.25) is 0 Å². The highest BCUT2D eigenvalue weighted by Crippen LogP contribution is 2.20. The third-order valence-electron chi connectivity index (χ3n) is 4.19. The van der Waals surface area contributed by atoms with E-state index in [4.69, 9.17) is 5.73 Å².